The molecule has 2 rings (SSSR count). The van der Waals surface area contributed by atoms with E-state index in [0.717, 1.165) is 41.1 Å². The lowest BCUT2D eigenvalue weighted by atomic mass is 10.1. The summed E-state index contributed by atoms with van der Waals surface area (Å²) in [5.74, 6) is 2.69. The summed E-state index contributed by atoms with van der Waals surface area (Å²) in [4.78, 5) is 12.4. The van der Waals surface area contributed by atoms with Crippen LogP contribution in [0.2, 0.25) is 0 Å². The third-order valence-corrected chi connectivity index (χ3v) is 5.38. The number of aromatic nitrogens is 2. The molecule has 7 heteroatoms. The first-order valence-electron chi connectivity index (χ1n) is 9.57. The maximum Gasteiger partial charge on any atom is 0.149 e. The molecule has 1 aromatic heterocycles. The second-order valence-electron chi connectivity index (χ2n) is 6.68. The minimum absolute atomic E-state index is 0.628. The quantitative estimate of drug-likeness (QED) is 0.559. The fraction of sp³-hybridized carbons (Fsp3) is 0.524. The van der Waals surface area contributed by atoms with Gasteiger partial charge in [-0.2, -0.15) is 0 Å². The highest BCUT2D eigenvalue weighted by molar-refractivity contribution is 7.99. The minimum atomic E-state index is 0.628. The number of thioether (sulfide) groups is 1. The molecule has 0 saturated carbocycles. The van der Waals surface area contributed by atoms with Crippen LogP contribution in [0.3, 0.4) is 0 Å². The number of hydrogen-bond donors (Lipinski definition) is 1. The molecule has 1 N–H and O–H groups in total. The SMILES string of the molecule is CCSc1c(Nc2c(C)cc(C)cc2C)ncnc1N(CCOC)CCOC. The van der Waals surface area contributed by atoms with Crippen LogP contribution in [0.15, 0.2) is 23.4 Å². The summed E-state index contributed by atoms with van der Waals surface area (Å²) >= 11 is 1.75. The molecule has 0 radical (unpaired) electrons. The van der Waals surface area contributed by atoms with Crippen molar-refractivity contribution in [3.8, 4) is 0 Å². The molecule has 2 aromatic rings. The van der Waals surface area contributed by atoms with Crippen LogP contribution in [0.1, 0.15) is 23.6 Å². The molecule has 1 aromatic carbocycles. The summed E-state index contributed by atoms with van der Waals surface area (Å²) in [7, 11) is 3.43. The summed E-state index contributed by atoms with van der Waals surface area (Å²) < 4.78 is 10.6. The Balaban J connectivity index is 2.44. The third-order valence-electron chi connectivity index (χ3n) is 4.42. The number of benzene rings is 1. The van der Waals surface area contributed by atoms with Crippen LogP contribution in [-0.4, -0.2) is 56.2 Å². The summed E-state index contributed by atoms with van der Waals surface area (Å²) in [5.41, 5.74) is 4.78. The summed E-state index contributed by atoms with van der Waals surface area (Å²) in [6, 6.07) is 4.38. The molecule has 0 aliphatic heterocycles. The Bertz CT molecular complexity index is 739. The zero-order valence-corrected chi connectivity index (χ0v) is 18.7. The molecule has 0 atom stereocenters. The van der Waals surface area contributed by atoms with Crippen molar-refractivity contribution in [2.45, 2.75) is 32.6 Å². The van der Waals surface area contributed by atoms with Gasteiger partial charge < -0.3 is 19.7 Å². The molecule has 154 valence electrons. The molecular weight excluding hydrogens is 372 g/mol. The van der Waals surface area contributed by atoms with Gasteiger partial charge in [0.05, 0.1) is 18.1 Å². The van der Waals surface area contributed by atoms with Gasteiger partial charge in [-0.05, 0) is 37.7 Å². The summed E-state index contributed by atoms with van der Waals surface area (Å²) in [6.45, 7) is 11.3. The molecule has 0 unspecified atom stereocenters. The number of ether oxygens (including phenoxy) is 2. The van der Waals surface area contributed by atoms with Crippen LogP contribution in [-0.2, 0) is 9.47 Å². The number of nitrogens with zero attached hydrogens (tertiary/aromatic N) is 3. The van der Waals surface area contributed by atoms with Gasteiger partial charge in [-0.25, -0.2) is 9.97 Å². The molecule has 0 bridgehead atoms. The molecule has 0 saturated heterocycles. The van der Waals surface area contributed by atoms with Gasteiger partial charge in [-0.1, -0.05) is 24.6 Å². The van der Waals surface area contributed by atoms with Gasteiger partial charge in [0.1, 0.15) is 18.0 Å². The predicted molar refractivity (Wildman–Crippen MR) is 118 cm³/mol. The second-order valence-corrected chi connectivity index (χ2v) is 7.95. The van der Waals surface area contributed by atoms with E-state index >= 15 is 0 Å². The topological polar surface area (TPSA) is 59.5 Å². The van der Waals surface area contributed by atoms with Crippen molar-refractivity contribution in [2.75, 3.05) is 56.5 Å². The first kappa shape index (κ1) is 22.5. The lowest BCUT2D eigenvalue weighted by Crippen LogP contribution is -2.32. The van der Waals surface area contributed by atoms with Crippen LogP contribution >= 0.6 is 11.8 Å². The van der Waals surface area contributed by atoms with Crippen molar-refractivity contribution in [1.82, 2.24) is 9.97 Å². The molecular formula is C21H32N4O2S. The Hall–Kier alpha value is -1.83. The Morgan fingerprint density at radius 3 is 2.14 bits per heavy atom. The number of anilines is 3. The molecule has 1 heterocycles. The first-order valence-corrected chi connectivity index (χ1v) is 10.6. The van der Waals surface area contributed by atoms with Gasteiger partial charge >= 0.3 is 0 Å². The largest absolute Gasteiger partial charge is 0.383 e. The van der Waals surface area contributed by atoms with Crippen LogP contribution in [0.5, 0.6) is 0 Å². The predicted octanol–water partition coefficient (Wildman–Crippen LogP) is 4.36. The normalized spacial score (nSPS) is 10.9. The van der Waals surface area contributed by atoms with Gasteiger partial charge in [0, 0.05) is 33.0 Å². The van der Waals surface area contributed by atoms with Crippen molar-refractivity contribution in [1.29, 1.82) is 0 Å². The highest BCUT2D eigenvalue weighted by Crippen LogP contribution is 2.36. The third kappa shape index (κ3) is 5.83. The lowest BCUT2D eigenvalue weighted by molar-refractivity contribution is 0.190. The standard InChI is InChI=1S/C21H32N4O2S/c1-7-28-19-20(24-18-16(3)12-15(2)13-17(18)4)22-14-23-21(19)25(8-10-26-5)9-11-27-6/h12-14H,7-11H2,1-6H3,(H,22,23,24). The van der Waals surface area contributed by atoms with E-state index in [1.807, 2.05) is 0 Å². The van der Waals surface area contributed by atoms with Crippen molar-refractivity contribution in [3.63, 3.8) is 0 Å². The zero-order valence-electron chi connectivity index (χ0n) is 17.8. The minimum Gasteiger partial charge on any atom is -0.383 e. The van der Waals surface area contributed by atoms with E-state index in [1.165, 1.54) is 16.7 Å². The lowest BCUT2D eigenvalue weighted by Gasteiger charge is -2.26. The molecule has 0 spiro atoms. The first-order chi connectivity index (χ1) is 13.5. The monoisotopic (exact) mass is 404 g/mol. The van der Waals surface area contributed by atoms with Crippen LogP contribution in [0.4, 0.5) is 17.3 Å². The van der Waals surface area contributed by atoms with E-state index in [2.05, 4.69) is 60.0 Å². The molecule has 0 aliphatic rings. The number of rotatable bonds is 11. The van der Waals surface area contributed by atoms with Gasteiger partial charge in [-0.3, -0.25) is 0 Å². The van der Waals surface area contributed by atoms with Crippen molar-refractivity contribution >= 4 is 29.1 Å². The average Bonchev–Trinajstić information content (AvgIpc) is 2.66. The zero-order chi connectivity index (χ0) is 20.5. The highest BCUT2D eigenvalue weighted by atomic mass is 32.2. The fourth-order valence-corrected chi connectivity index (χ4v) is 4.02. The maximum absolute atomic E-state index is 5.29. The highest BCUT2D eigenvalue weighted by Gasteiger charge is 2.18. The van der Waals surface area contributed by atoms with Crippen molar-refractivity contribution in [3.05, 3.63) is 35.2 Å². The molecule has 0 fully saturated rings. The van der Waals surface area contributed by atoms with Crippen molar-refractivity contribution < 1.29 is 9.47 Å². The number of methoxy groups -OCH3 is 2. The van der Waals surface area contributed by atoms with E-state index in [9.17, 15) is 0 Å². The average molecular weight is 405 g/mol. The molecule has 6 nitrogen and oxygen atoms in total. The van der Waals surface area contributed by atoms with E-state index in [0.29, 0.717) is 13.2 Å². The second kappa shape index (κ2) is 11.2. The van der Waals surface area contributed by atoms with E-state index in [-0.39, 0.29) is 0 Å². The Morgan fingerprint density at radius 2 is 1.61 bits per heavy atom. The fourth-order valence-electron chi connectivity index (χ4n) is 3.18. The summed E-state index contributed by atoms with van der Waals surface area (Å²) in [5, 5.41) is 3.57. The molecule has 28 heavy (non-hydrogen) atoms. The van der Waals surface area contributed by atoms with Crippen LogP contribution < -0.4 is 10.2 Å². The van der Waals surface area contributed by atoms with Gasteiger partial charge in [0.15, 0.2) is 0 Å². The van der Waals surface area contributed by atoms with E-state index in [1.54, 1.807) is 32.3 Å². The molecule has 0 amide bonds. The number of nitrogens with one attached hydrogen (secondary N) is 1. The van der Waals surface area contributed by atoms with Gasteiger partial charge in [0.25, 0.3) is 0 Å². The summed E-state index contributed by atoms with van der Waals surface area (Å²) in [6.07, 6.45) is 1.63. The number of hydrogen-bond acceptors (Lipinski definition) is 7. The number of aryl methyl sites for hydroxylation is 3. The van der Waals surface area contributed by atoms with Crippen LogP contribution in [0, 0.1) is 20.8 Å². The van der Waals surface area contributed by atoms with Crippen LogP contribution in [0.25, 0.3) is 0 Å². The Kier molecular flexibility index (Phi) is 9.02. The Labute approximate surface area is 173 Å². The van der Waals surface area contributed by atoms with Gasteiger partial charge in [0.2, 0.25) is 0 Å². The smallest absolute Gasteiger partial charge is 0.149 e. The van der Waals surface area contributed by atoms with Gasteiger partial charge in [-0.15, -0.1) is 11.8 Å². The Morgan fingerprint density at radius 1 is 1.00 bits per heavy atom. The van der Waals surface area contributed by atoms with E-state index in [4.69, 9.17) is 9.47 Å². The van der Waals surface area contributed by atoms with E-state index < -0.39 is 0 Å². The van der Waals surface area contributed by atoms with Crippen molar-refractivity contribution in [2.24, 2.45) is 0 Å². The maximum atomic E-state index is 5.29. The molecule has 0 aliphatic carbocycles.